The van der Waals surface area contributed by atoms with Gasteiger partial charge in [0.25, 0.3) is 5.91 Å². The van der Waals surface area contributed by atoms with Crippen molar-refractivity contribution < 1.29 is 62.2 Å². The van der Waals surface area contributed by atoms with Crippen LogP contribution in [0.4, 0.5) is 58.4 Å². The van der Waals surface area contributed by atoms with Gasteiger partial charge in [-0.15, -0.1) is 0 Å². The lowest BCUT2D eigenvalue weighted by atomic mass is 9.86. The minimum absolute atomic E-state index is 0.139. The van der Waals surface area contributed by atoms with E-state index in [0.29, 0.717) is 0 Å². The van der Waals surface area contributed by atoms with Gasteiger partial charge in [0, 0.05) is 28.6 Å². The Labute approximate surface area is 208 Å². The van der Waals surface area contributed by atoms with Gasteiger partial charge in [-0.2, -0.15) is 53.0 Å². The van der Waals surface area contributed by atoms with Crippen molar-refractivity contribution in [3.63, 3.8) is 0 Å². The van der Waals surface area contributed by atoms with Crippen molar-refractivity contribution in [1.29, 1.82) is 0 Å². The number of anilines is 1. The van der Waals surface area contributed by atoms with E-state index in [1.165, 1.54) is 18.2 Å². The second-order valence-corrected chi connectivity index (χ2v) is 8.08. The highest BCUT2D eigenvalue weighted by Gasteiger charge is 2.82. The molecule has 1 atom stereocenters. The number of aromatic nitrogens is 1. The molecule has 4 nitrogen and oxygen atoms in total. The van der Waals surface area contributed by atoms with Gasteiger partial charge in [0.2, 0.25) is 5.52 Å². The van der Waals surface area contributed by atoms with Crippen LogP contribution in [0, 0.1) is 5.21 Å². The van der Waals surface area contributed by atoms with Gasteiger partial charge in [-0.1, -0.05) is 11.6 Å². The third-order valence-electron chi connectivity index (χ3n) is 5.24. The number of nitrogens with one attached hydrogen (secondary N) is 1. The number of carbonyl (C=O) groups is 1. The number of pyridine rings is 1. The highest BCUT2D eigenvalue weighted by molar-refractivity contribution is 6.34. The van der Waals surface area contributed by atoms with E-state index >= 15 is 0 Å². The van der Waals surface area contributed by atoms with E-state index in [4.69, 9.17) is 11.6 Å². The number of halogens is 13. The fourth-order valence-corrected chi connectivity index (χ4v) is 3.65. The quantitative estimate of drug-likeness (QED) is 0.198. The van der Waals surface area contributed by atoms with Crippen LogP contribution in [0.25, 0.3) is 10.9 Å². The topological polar surface area (TPSA) is 56.0 Å². The van der Waals surface area contributed by atoms with Gasteiger partial charge in [-0.25, -0.2) is 4.39 Å². The van der Waals surface area contributed by atoms with Crippen LogP contribution in [0.5, 0.6) is 0 Å². The number of rotatable bonds is 4. The third kappa shape index (κ3) is 4.76. The van der Waals surface area contributed by atoms with Crippen LogP contribution in [0.15, 0.2) is 48.7 Å². The first-order chi connectivity index (χ1) is 17.1. The molecule has 1 heterocycles. The number of carbonyl (C=O) groups excluding carboxylic acids is 1. The molecule has 1 N–H and O–H groups in total. The van der Waals surface area contributed by atoms with E-state index < -0.39 is 75.6 Å². The van der Waals surface area contributed by atoms with Crippen molar-refractivity contribution >= 4 is 34.1 Å². The second kappa shape index (κ2) is 9.10. The van der Waals surface area contributed by atoms with Crippen LogP contribution in [0.3, 0.4) is 0 Å². The number of amides is 1. The molecule has 3 rings (SSSR count). The molecule has 0 aliphatic rings. The standard InChI is InChI=1S/C21H9ClF12N2O2/c22-13-8-11(17(23,20(29,30)31)19(27,28)21(32,33)34)7-12(18(24,25)26)15(13)35-16(37)10-4-3-9-2-1-5-36(38)14(9)6-10/h1-8H,(H,35,37). The maximum absolute atomic E-state index is 14.8. The molecule has 1 unspecified atom stereocenters. The first kappa shape index (κ1) is 29.1. The van der Waals surface area contributed by atoms with E-state index in [1.54, 1.807) is 5.32 Å². The van der Waals surface area contributed by atoms with E-state index in [2.05, 4.69) is 0 Å². The summed E-state index contributed by atoms with van der Waals surface area (Å²) < 4.78 is 162. The monoisotopic (exact) mass is 584 g/mol. The van der Waals surface area contributed by atoms with Crippen molar-refractivity contribution in [1.82, 2.24) is 0 Å². The Morgan fingerprint density at radius 1 is 0.842 bits per heavy atom. The summed E-state index contributed by atoms with van der Waals surface area (Å²) in [5, 5.41) is 12.1. The Kier molecular flexibility index (Phi) is 6.97. The van der Waals surface area contributed by atoms with Crippen LogP contribution < -0.4 is 10.0 Å². The van der Waals surface area contributed by atoms with Crippen LogP contribution >= 0.6 is 11.6 Å². The van der Waals surface area contributed by atoms with Gasteiger partial charge in [-0.05, 0) is 30.3 Å². The minimum atomic E-state index is -7.26. The van der Waals surface area contributed by atoms with Gasteiger partial charge >= 0.3 is 30.1 Å². The molecular weight excluding hydrogens is 576 g/mol. The molecular formula is C21H9ClF12N2O2. The molecule has 17 heteroatoms. The molecule has 0 radical (unpaired) electrons. The van der Waals surface area contributed by atoms with Crippen LogP contribution in [-0.4, -0.2) is 24.2 Å². The van der Waals surface area contributed by atoms with Crippen molar-refractivity contribution in [3.8, 4) is 0 Å². The zero-order chi connectivity index (χ0) is 29.1. The summed E-state index contributed by atoms with van der Waals surface area (Å²) in [5.74, 6) is -8.70. The molecule has 2 aromatic carbocycles. The molecule has 0 saturated heterocycles. The van der Waals surface area contributed by atoms with Crippen molar-refractivity contribution in [2.45, 2.75) is 30.1 Å². The Bertz CT molecular complexity index is 1400. The molecule has 206 valence electrons. The number of benzene rings is 2. The minimum Gasteiger partial charge on any atom is -0.618 e. The first-order valence-electron chi connectivity index (χ1n) is 9.67. The number of nitrogens with zero attached hydrogens (tertiary/aromatic N) is 1. The zero-order valence-electron chi connectivity index (χ0n) is 17.8. The second-order valence-electron chi connectivity index (χ2n) is 7.67. The van der Waals surface area contributed by atoms with E-state index in [9.17, 15) is 62.7 Å². The lowest BCUT2D eigenvalue weighted by Crippen LogP contribution is -2.59. The Morgan fingerprint density at radius 3 is 1.97 bits per heavy atom. The molecule has 0 bridgehead atoms. The number of alkyl halides is 12. The van der Waals surface area contributed by atoms with Crippen molar-refractivity contribution in [2.24, 2.45) is 0 Å². The van der Waals surface area contributed by atoms with Crippen molar-refractivity contribution in [2.75, 3.05) is 5.32 Å². The summed E-state index contributed by atoms with van der Waals surface area (Å²) in [7, 11) is 0. The summed E-state index contributed by atoms with van der Waals surface area (Å²) in [5.41, 5.74) is -14.2. The SMILES string of the molecule is O=C(Nc1c(Cl)cc(C(F)(C(F)(F)F)C(F)(F)C(F)(F)F)cc1C(F)(F)F)c1ccc2ccc[n+]([O-])c2c1. The highest BCUT2D eigenvalue weighted by Crippen LogP contribution is 2.59. The van der Waals surface area contributed by atoms with E-state index in [-0.39, 0.29) is 15.6 Å². The fourth-order valence-electron chi connectivity index (χ4n) is 3.38. The lowest BCUT2D eigenvalue weighted by Gasteiger charge is -2.36. The average molecular weight is 585 g/mol. The summed E-state index contributed by atoms with van der Waals surface area (Å²) in [6.07, 6.45) is -19.1. The van der Waals surface area contributed by atoms with Crippen LogP contribution in [0.1, 0.15) is 21.5 Å². The van der Waals surface area contributed by atoms with Gasteiger partial charge in [-0.3, -0.25) is 4.79 Å². The predicted molar refractivity (Wildman–Crippen MR) is 107 cm³/mol. The summed E-state index contributed by atoms with van der Waals surface area (Å²) in [6.45, 7) is 0. The summed E-state index contributed by atoms with van der Waals surface area (Å²) in [6, 6.07) is 4.41. The lowest BCUT2D eigenvalue weighted by molar-refractivity contribution is -0.577. The molecule has 0 aliphatic heterocycles. The zero-order valence-corrected chi connectivity index (χ0v) is 18.6. The number of fused-ring (bicyclic) bond motifs is 1. The number of hydrogen-bond acceptors (Lipinski definition) is 2. The molecule has 38 heavy (non-hydrogen) atoms. The van der Waals surface area contributed by atoms with E-state index in [1.807, 2.05) is 0 Å². The van der Waals surface area contributed by atoms with Crippen LogP contribution in [0.2, 0.25) is 5.02 Å². The molecule has 0 saturated carbocycles. The summed E-state index contributed by atoms with van der Waals surface area (Å²) in [4.78, 5) is 12.6. The maximum Gasteiger partial charge on any atom is 0.457 e. The van der Waals surface area contributed by atoms with Gasteiger partial charge in [0.05, 0.1) is 16.3 Å². The first-order valence-corrected chi connectivity index (χ1v) is 10.1. The molecule has 1 aromatic heterocycles. The highest BCUT2D eigenvalue weighted by atomic mass is 35.5. The van der Waals surface area contributed by atoms with Gasteiger partial charge in [0.1, 0.15) is 0 Å². The fraction of sp³-hybridized carbons (Fsp3) is 0.238. The van der Waals surface area contributed by atoms with Crippen LogP contribution in [-0.2, 0) is 11.8 Å². The number of hydrogen-bond donors (Lipinski definition) is 1. The third-order valence-corrected chi connectivity index (χ3v) is 5.54. The molecule has 1 amide bonds. The summed E-state index contributed by atoms with van der Waals surface area (Å²) >= 11 is 5.48. The Morgan fingerprint density at radius 2 is 1.45 bits per heavy atom. The normalized spacial score (nSPS) is 14.9. The molecule has 3 aromatic rings. The van der Waals surface area contributed by atoms with Gasteiger partial charge < -0.3 is 10.5 Å². The smallest absolute Gasteiger partial charge is 0.457 e. The average Bonchev–Trinajstić information content (AvgIpc) is 2.77. The maximum atomic E-state index is 14.8. The van der Waals surface area contributed by atoms with Gasteiger partial charge in [0.15, 0.2) is 6.20 Å². The largest absolute Gasteiger partial charge is 0.618 e. The predicted octanol–water partition coefficient (Wildman–Crippen LogP) is 7.32. The molecule has 0 aliphatic carbocycles. The Hall–Kier alpha value is -3.43. The molecule has 0 fully saturated rings. The molecule has 0 spiro atoms. The van der Waals surface area contributed by atoms with E-state index in [0.717, 1.165) is 18.3 Å². The van der Waals surface area contributed by atoms with Crippen molar-refractivity contribution in [3.05, 3.63) is 75.6 Å². The Balaban J connectivity index is 2.20.